The summed E-state index contributed by atoms with van der Waals surface area (Å²) in [6, 6.07) is 17.6. The number of aryl methyl sites for hydroxylation is 1. The van der Waals surface area contributed by atoms with Gasteiger partial charge in [-0.2, -0.15) is 0 Å². The molecule has 0 radical (unpaired) electrons. The van der Waals surface area contributed by atoms with E-state index in [0.29, 0.717) is 28.5 Å². The van der Waals surface area contributed by atoms with Crippen molar-refractivity contribution < 1.29 is 19.1 Å². The lowest BCUT2D eigenvalue weighted by atomic mass is 9.75. The van der Waals surface area contributed by atoms with Crippen LogP contribution in [0.1, 0.15) is 115 Å². The van der Waals surface area contributed by atoms with Crippen LogP contribution in [-0.4, -0.2) is 45.1 Å². The number of rotatable bonds is 6. The molecular weight excluding hydrogens is 618 g/mol. The molecule has 3 N–H and O–H groups in total. The number of hydrogen-bond acceptors (Lipinski definition) is 7. The van der Waals surface area contributed by atoms with E-state index in [2.05, 4.69) is 46.3 Å². The van der Waals surface area contributed by atoms with Gasteiger partial charge in [-0.05, 0) is 107 Å². The van der Waals surface area contributed by atoms with Gasteiger partial charge in [-0.1, -0.05) is 25.0 Å². The minimum Gasteiger partial charge on any atom is -0.443 e. The number of carbonyl (C=O) groups excluding carboxylic acids is 3. The van der Waals surface area contributed by atoms with E-state index in [-0.39, 0.29) is 11.9 Å². The Labute approximate surface area is 286 Å². The maximum Gasteiger partial charge on any atom is 0.426 e. The van der Waals surface area contributed by atoms with Crippen molar-refractivity contribution in [3.05, 3.63) is 89.0 Å². The molecule has 0 saturated heterocycles. The predicted octanol–water partition coefficient (Wildman–Crippen LogP) is 6.41. The summed E-state index contributed by atoms with van der Waals surface area (Å²) >= 11 is 0. The van der Waals surface area contributed by atoms with E-state index in [9.17, 15) is 14.4 Å². The summed E-state index contributed by atoms with van der Waals surface area (Å²) in [5, 5.41) is 3.37. The third kappa shape index (κ3) is 6.11. The Balaban J connectivity index is 1.12. The van der Waals surface area contributed by atoms with Gasteiger partial charge in [0.1, 0.15) is 11.4 Å². The van der Waals surface area contributed by atoms with Gasteiger partial charge < -0.3 is 19.5 Å². The van der Waals surface area contributed by atoms with E-state index < -0.39 is 23.1 Å². The Morgan fingerprint density at radius 1 is 0.898 bits per heavy atom. The minimum atomic E-state index is -0.746. The molecule has 11 heteroatoms. The highest BCUT2D eigenvalue weighted by Crippen LogP contribution is 2.54. The van der Waals surface area contributed by atoms with Crippen LogP contribution in [0.2, 0.25) is 0 Å². The number of aromatic nitrogens is 3. The van der Waals surface area contributed by atoms with Crippen LogP contribution in [0.4, 0.5) is 10.5 Å². The van der Waals surface area contributed by atoms with Crippen molar-refractivity contribution in [2.45, 2.75) is 88.8 Å². The average Bonchev–Trinajstić information content (AvgIpc) is 3.78. The average molecular weight is 664 g/mol. The molecule has 0 spiro atoms. The molecule has 49 heavy (non-hydrogen) atoms. The fraction of sp³-hybridized carbons (Fsp3) is 0.447. The van der Waals surface area contributed by atoms with E-state index in [1.54, 1.807) is 39.0 Å². The maximum atomic E-state index is 14.0. The Hall–Kier alpha value is -4.93. The Bertz CT molecular complexity index is 1900. The summed E-state index contributed by atoms with van der Waals surface area (Å²) in [5.41, 5.74) is 9.29. The number of benzene rings is 2. The van der Waals surface area contributed by atoms with Crippen molar-refractivity contribution >= 4 is 34.6 Å². The number of anilines is 1. The van der Waals surface area contributed by atoms with Gasteiger partial charge in [0.25, 0.3) is 11.8 Å². The molecular formula is C38H45N7O4. The number of imidazole rings is 1. The second-order valence-electron chi connectivity index (χ2n) is 14.8. The number of pyridine rings is 1. The van der Waals surface area contributed by atoms with Crippen molar-refractivity contribution in [2.75, 3.05) is 11.9 Å². The topological polar surface area (TPSA) is 130 Å². The number of amides is 3. The second kappa shape index (κ2) is 12.5. The molecule has 256 valence electrons. The lowest BCUT2D eigenvalue weighted by molar-refractivity contribution is 0.0483. The summed E-state index contributed by atoms with van der Waals surface area (Å²) in [4.78, 5) is 50.9. The van der Waals surface area contributed by atoms with E-state index in [4.69, 9.17) is 14.7 Å². The molecule has 0 bridgehead atoms. The second-order valence-corrected chi connectivity index (χ2v) is 14.8. The number of carbonyl (C=O) groups is 3. The Morgan fingerprint density at radius 3 is 2.31 bits per heavy atom. The van der Waals surface area contributed by atoms with Gasteiger partial charge in [0.05, 0.1) is 28.3 Å². The van der Waals surface area contributed by atoms with E-state index in [1.165, 1.54) is 31.2 Å². The largest absolute Gasteiger partial charge is 0.443 e. The summed E-state index contributed by atoms with van der Waals surface area (Å²) in [6.45, 7) is 5.24. The van der Waals surface area contributed by atoms with E-state index >= 15 is 0 Å². The van der Waals surface area contributed by atoms with Crippen LogP contribution in [0.3, 0.4) is 0 Å². The lowest BCUT2D eigenvalue weighted by Gasteiger charge is -2.41. The van der Waals surface area contributed by atoms with Crippen molar-refractivity contribution in [1.29, 1.82) is 0 Å². The third-order valence-corrected chi connectivity index (χ3v) is 10.5. The molecule has 4 aromatic rings. The van der Waals surface area contributed by atoms with Gasteiger partial charge in [-0.25, -0.2) is 15.2 Å². The van der Waals surface area contributed by atoms with E-state index in [0.717, 1.165) is 42.0 Å². The van der Waals surface area contributed by atoms with E-state index in [1.807, 2.05) is 36.0 Å². The summed E-state index contributed by atoms with van der Waals surface area (Å²) < 4.78 is 7.15. The number of hydrazine groups is 1. The maximum absolute atomic E-state index is 14.0. The molecule has 11 nitrogen and oxygen atoms in total. The lowest BCUT2D eigenvalue weighted by Crippen LogP contribution is -2.52. The van der Waals surface area contributed by atoms with Gasteiger partial charge in [0.15, 0.2) is 0 Å². The van der Waals surface area contributed by atoms with Gasteiger partial charge in [0.2, 0.25) is 0 Å². The number of likely N-dealkylation sites (N-methyl/N-ethyl adjacent to an activating group) is 1. The van der Waals surface area contributed by atoms with Crippen LogP contribution in [0.25, 0.3) is 11.0 Å². The SMILES string of the molecule is CN1c2cc(C(=O)NC3(c4nc5ccc(C(=O)NNC(=O)OC(C)(C)C)cc5n4C)CCC3)ccc2C(C2CCCC2)C1c1ccccn1. The van der Waals surface area contributed by atoms with Crippen molar-refractivity contribution in [3.8, 4) is 0 Å². The van der Waals surface area contributed by atoms with Crippen LogP contribution in [0, 0.1) is 5.92 Å². The number of hydrogen-bond donors (Lipinski definition) is 3. The molecule has 2 saturated carbocycles. The van der Waals surface area contributed by atoms with Crippen LogP contribution >= 0.6 is 0 Å². The van der Waals surface area contributed by atoms with Gasteiger partial charge >= 0.3 is 6.09 Å². The smallest absolute Gasteiger partial charge is 0.426 e. The van der Waals surface area contributed by atoms with Crippen LogP contribution in [0.15, 0.2) is 60.8 Å². The Kier molecular flexibility index (Phi) is 8.32. The molecule has 1 aliphatic heterocycles. The van der Waals surface area contributed by atoms with Crippen molar-refractivity contribution in [1.82, 2.24) is 30.7 Å². The summed E-state index contributed by atoms with van der Waals surface area (Å²) in [7, 11) is 4.03. The summed E-state index contributed by atoms with van der Waals surface area (Å²) in [6.07, 6.45) is 8.59. The first-order valence-corrected chi connectivity index (χ1v) is 17.3. The van der Waals surface area contributed by atoms with Crippen LogP contribution in [-0.2, 0) is 17.3 Å². The first-order valence-electron chi connectivity index (χ1n) is 17.3. The molecule has 2 aromatic carbocycles. The zero-order chi connectivity index (χ0) is 34.5. The van der Waals surface area contributed by atoms with Gasteiger partial charge in [0, 0.05) is 43.0 Å². The highest BCUT2D eigenvalue weighted by molar-refractivity contribution is 5.98. The number of ether oxygens (including phenoxy) is 1. The number of fused-ring (bicyclic) bond motifs is 2. The van der Waals surface area contributed by atoms with Gasteiger partial charge in [-0.3, -0.25) is 20.0 Å². The standard InChI is InChI=1S/C38H45N7O4/c1-37(2,3)49-36(48)43-42-34(47)25-15-17-27-30(22-25)45(5)35(40-27)38(18-10-19-38)41-33(46)24-14-16-26-29(21-24)44(4)32(28-13-8-9-20-39-28)31(26)23-11-6-7-12-23/h8-9,13-17,20-23,31-32H,6-7,10-12,18-19H2,1-5H3,(H,41,46)(H,42,47)(H,43,48). The highest BCUT2D eigenvalue weighted by Gasteiger charge is 2.46. The normalized spacial score (nSPS) is 20.1. The zero-order valence-electron chi connectivity index (χ0n) is 28.9. The first-order chi connectivity index (χ1) is 23.4. The minimum absolute atomic E-state index is 0.130. The quantitative estimate of drug-likeness (QED) is 0.203. The molecule has 2 unspecified atom stereocenters. The summed E-state index contributed by atoms with van der Waals surface area (Å²) in [5.74, 6) is 1.08. The zero-order valence-corrected chi connectivity index (χ0v) is 28.9. The van der Waals surface area contributed by atoms with Crippen LogP contribution < -0.4 is 21.1 Å². The fourth-order valence-electron chi connectivity index (χ4n) is 8.06. The molecule has 3 heterocycles. The fourth-order valence-corrected chi connectivity index (χ4v) is 8.06. The number of nitrogens with zero attached hydrogens (tertiary/aromatic N) is 4. The van der Waals surface area contributed by atoms with Crippen molar-refractivity contribution in [2.24, 2.45) is 13.0 Å². The molecule has 3 amide bonds. The molecule has 2 aliphatic carbocycles. The molecule has 2 aromatic heterocycles. The highest BCUT2D eigenvalue weighted by atomic mass is 16.6. The number of nitrogens with one attached hydrogen (secondary N) is 3. The molecule has 7 rings (SSSR count). The van der Waals surface area contributed by atoms with Gasteiger partial charge in [-0.15, -0.1) is 0 Å². The predicted molar refractivity (Wildman–Crippen MR) is 187 cm³/mol. The van der Waals surface area contributed by atoms with Crippen molar-refractivity contribution in [3.63, 3.8) is 0 Å². The third-order valence-electron chi connectivity index (χ3n) is 10.5. The first kappa shape index (κ1) is 32.6. The molecule has 2 atom stereocenters. The Morgan fingerprint density at radius 2 is 1.63 bits per heavy atom. The molecule has 3 aliphatic rings. The molecule has 2 fully saturated rings. The van der Waals surface area contributed by atoms with Crippen LogP contribution in [0.5, 0.6) is 0 Å². The monoisotopic (exact) mass is 663 g/mol.